The molecule has 46 heavy (non-hydrogen) atoms. The molecule has 5 rings (SSSR count). The summed E-state index contributed by atoms with van der Waals surface area (Å²) in [5.41, 5.74) is 5.85. The number of thioether (sulfide) groups is 1. The second kappa shape index (κ2) is 13.7. The number of nitrogens with one attached hydrogen (secondary N) is 1. The van der Waals surface area contributed by atoms with Crippen molar-refractivity contribution in [2.24, 2.45) is 4.99 Å². The van der Waals surface area contributed by atoms with Crippen molar-refractivity contribution in [1.82, 2.24) is 20.1 Å². The Labute approximate surface area is 269 Å². The van der Waals surface area contributed by atoms with E-state index in [0.717, 1.165) is 46.0 Å². The number of allylic oxidation sites excluding steroid dienone is 2. The highest BCUT2D eigenvalue weighted by molar-refractivity contribution is 8.14. The fourth-order valence-corrected chi connectivity index (χ4v) is 5.81. The van der Waals surface area contributed by atoms with Crippen molar-refractivity contribution in [2.75, 3.05) is 24.3 Å². The average Bonchev–Trinajstić information content (AvgIpc) is 3.70. The molecule has 0 bridgehead atoms. The van der Waals surface area contributed by atoms with Gasteiger partial charge in [0.1, 0.15) is 17.8 Å². The zero-order valence-electron chi connectivity index (χ0n) is 25.9. The second-order valence-corrected chi connectivity index (χ2v) is 11.8. The number of urea groups is 1. The molecule has 1 aliphatic rings. The molecule has 3 aromatic carbocycles. The number of amides is 2. The highest BCUT2D eigenvalue weighted by Crippen LogP contribution is 2.35. The van der Waals surface area contributed by atoms with Crippen LogP contribution in [0.4, 0.5) is 23.7 Å². The summed E-state index contributed by atoms with van der Waals surface area (Å²) in [6.45, 7) is 8.75. The molecule has 0 spiro atoms. The van der Waals surface area contributed by atoms with E-state index in [0.29, 0.717) is 22.4 Å². The van der Waals surface area contributed by atoms with E-state index in [1.165, 1.54) is 35.3 Å². The van der Waals surface area contributed by atoms with E-state index in [2.05, 4.69) is 43.9 Å². The fourth-order valence-electron chi connectivity index (χ4n) is 4.86. The Balaban J connectivity index is 1.26. The van der Waals surface area contributed by atoms with Crippen LogP contribution in [0.1, 0.15) is 44.7 Å². The SMILES string of the molecule is COc1ccc(N2CCS/C2=N\C(=O)N/C(C)=C(\C)c2ccc(-c3ncn(-c4ccc(OC(F)(F)F)cc4)n3)cc2)c(C(C)C)c1. The number of hydrogen-bond donors (Lipinski definition) is 1. The number of hydrogen-bond acceptors (Lipinski definition) is 6. The quantitative estimate of drug-likeness (QED) is 0.206. The minimum absolute atomic E-state index is 0.263. The Kier molecular flexibility index (Phi) is 9.71. The molecule has 0 radical (unpaired) electrons. The molecule has 9 nitrogen and oxygen atoms in total. The fraction of sp³-hybridized carbons (Fsp3) is 0.273. The summed E-state index contributed by atoms with van der Waals surface area (Å²) in [6.07, 6.45) is -3.27. The monoisotopic (exact) mass is 650 g/mol. The average molecular weight is 651 g/mol. The Morgan fingerprint density at radius 3 is 2.37 bits per heavy atom. The van der Waals surface area contributed by atoms with Gasteiger partial charge in [-0.3, -0.25) is 0 Å². The molecule has 0 saturated carbocycles. The number of alkyl halides is 3. The minimum Gasteiger partial charge on any atom is -0.497 e. The molecule has 2 amide bonds. The maximum Gasteiger partial charge on any atom is 0.573 e. The van der Waals surface area contributed by atoms with E-state index in [1.807, 2.05) is 56.3 Å². The number of carbonyl (C=O) groups excluding carboxylic acids is 1. The molecule has 1 aromatic heterocycles. The van der Waals surface area contributed by atoms with Gasteiger partial charge in [-0.15, -0.1) is 18.3 Å². The predicted octanol–water partition coefficient (Wildman–Crippen LogP) is 8.03. The third-order valence-electron chi connectivity index (χ3n) is 7.38. The third kappa shape index (κ3) is 7.71. The van der Waals surface area contributed by atoms with E-state index < -0.39 is 12.4 Å². The number of ether oxygens (including phenoxy) is 2. The van der Waals surface area contributed by atoms with Crippen molar-refractivity contribution in [3.63, 3.8) is 0 Å². The molecule has 2 heterocycles. The molecule has 1 aliphatic heterocycles. The van der Waals surface area contributed by atoms with Crippen molar-refractivity contribution >= 4 is 34.2 Å². The standard InChI is InChI=1S/C33H33F3N6O3S/c1-20(2)28-18-27(44-5)14-15-29(28)41-16-17-46-32(41)39-31(43)38-22(4)21(3)23-6-8-24(9-7-23)30-37-19-42(40-30)25-10-12-26(13-11-25)45-33(34,35)36/h6-15,18-20H,16-17H2,1-5H3,(H,38,43)/b22-21+,39-32-. The van der Waals surface area contributed by atoms with Crippen molar-refractivity contribution in [1.29, 1.82) is 0 Å². The van der Waals surface area contributed by atoms with Crippen molar-refractivity contribution in [3.05, 3.63) is 89.9 Å². The number of amidine groups is 1. The van der Waals surface area contributed by atoms with E-state index in [-0.39, 0.29) is 11.7 Å². The molecule has 4 aromatic rings. The molecule has 1 N–H and O–H groups in total. The lowest BCUT2D eigenvalue weighted by atomic mass is 10.00. The molecule has 13 heteroatoms. The first-order chi connectivity index (χ1) is 21.9. The van der Waals surface area contributed by atoms with Gasteiger partial charge in [-0.25, -0.2) is 14.5 Å². The molecular weight excluding hydrogens is 617 g/mol. The normalized spacial score (nSPS) is 14.9. The molecule has 1 saturated heterocycles. The van der Waals surface area contributed by atoms with Gasteiger partial charge in [0, 0.05) is 29.2 Å². The van der Waals surface area contributed by atoms with Gasteiger partial charge in [0.2, 0.25) is 0 Å². The van der Waals surface area contributed by atoms with Gasteiger partial charge < -0.3 is 19.7 Å². The van der Waals surface area contributed by atoms with Gasteiger partial charge in [0.15, 0.2) is 11.0 Å². The Morgan fingerprint density at radius 2 is 1.72 bits per heavy atom. The maximum atomic E-state index is 13.0. The van der Waals surface area contributed by atoms with Gasteiger partial charge in [-0.1, -0.05) is 49.9 Å². The molecular formula is C33H33F3N6O3S. The number of halogens is 3. The van der Waals surface area contributed by atoms with Crippen molar-refractivity contribution in [2.45, 2.75) is 40.0 Å². The zero-order valence-corrected chi connectivity index (χ0v) is 26.7. The van der Waals surface area contributed by atoms with Crippen LogP contribution in [0.3, 0.4) is 0 Å². The highest BCUT2D eigenvalue weighted by Gasteiger charge is 2.31. The summed E-state index contributed by atoms with van der Waals surface area (Å²) in [7, 11) is 1.65. The molecule has 1 fully saturated rings. The molecule has 0 atom stereocenters. The minimum atomic E-state index is -4.76. The maximum absolute atomic E-state index is 13.0. The topological polar surface area (TPSA) is 93.9 Å². The number of aromatic nitrogens is 3. The lowest BCUT2D eigenvalue weighted by Gasteiger charge is -2.23. The first-order valence-corrected chi connectivity index (χ1v) is 15.4. The summed E-state index contributed by atoms with van der Waals surface area (Å²) >= 11 is 1.55. The number of methoxy groups -OCH3 is 1. The first kappa shape index (κ1) is 32.6. The number of anilines is 1. The van der Waals surface area contributed by atoms with Crippen LogP contribution in [0.15, 0.2) is 83.7 Å². The Bertz CT molecular complexity index is 1770. The van der Waals surface area contributed by atoms with E-state index in [1.54, 1.807) is 18.9 Å². The Morgan fingerprint density at radius 1 is 1.02 bits per heavy atom. The summed E-state index contributed by atoms with van der Waals surface area (Å²) in [4.78, 5) is 23.8. The summed E-state index contributed by atoms with van der Waals surface area (Å²) in [5, 5.41) is 8.01. The van der Waals surface area contributed by atoms with Crippen LogP contribution in [-0.4, -0.2) is 51.7 Å². The summed E-state index contributed by atoms with van der Waals surface area (Å²) < 4.78 is 48.1. The van der Waals surface area contributed by atoms with Crippen molar-refractivity contribution < 1.29 is 27.4 Å². The number of carbonyl (C=O) groups is 1. The molecule has 0 unspecified atom stereocenters. The van der Waals surface area contributed by atoms with E-state index in [4.69, 9.17) is 4.74 Å². The predicted molar refractivity (Wildman–Crippen MR) is 175 cm³/mol. The number of rotatable bonds is 8. The van der Waals surface area contributed by atoms with Crippen LogP contribution in [0.25, 0.3) is 22.6 Å². The van der Waals surface area contributed by atoms with Gasteiger partial charge in [-0.2, -0.15) is 4.99 Å². The molecule has 0 aliphatic carbocycles. The van der Waals surface area contributed by atoms with Gasteiger partial charge in [0.25, 0.3) is 0 Å². The highest BCUT2D eigenvalue weighted by atomic mass is 32.2. The van der Waals surface area contributed by atoms with Gasteiger partial charge in [0.05, 0.1) is 12.8 Å². The van der Waals surface area contributed by atoms with Crippen molar-refractivity contribution in [3.8, 4) is 28.6 Å². The van der Waals surface area contributed by atoms with E-state index >= 15 is 0 Å². The molecule has 240 valence electrons. The zero-order chi connectivity index (χ0) is 33.0. The van der Waals surface area contributed by atoms with Crippen LogP contribution in [-0.2, 0) is 0 Å². The van der Waals surface area contributed by atoms with Gasteiger partial charge in [-0.05, 0) is 78.9 Å². The van der Waals surface area contributed by atoms with Crippen LogP contribution in [0.5, 0.6) is 11.5 Å². The van der Waals surface area contributed by atoms with Crippen LogP contribution in [0, 0.1) is 0 Å². The van der Waals surface area contributed by atoms with Crippen LogP contribution >= 0.6 is 11.8 Å². The lowest BCUT2D eigenvalue weighted by Crippen LogP contribution is -2.28. The number of benzene rings is 3. The number of nitrogens with zero attached hydrogens (tertiary/aromatic N) is 5. The third-order valence-corrected chi connectivity index (χ3v) is 8.34. The second-order valence-electron chi connectivity index (χ2n) is 10.8. The number of aliphatic imine (C=N–C) groups is 1. The smallest absolute Gasteiger partial charge is 0.497 e. The lowest BCUT2D eigenvalue weighted by molar-refractivity contribution is -0.274. The largest absolute Gasteiger partial charge is 0.573 e. The van der Waals surface area contributed by atoms with Crippen LogP contribution < -0.4 is 19.7 Å². The summed E-state index contributed by atoms with van der Waals surface area (Å²) in [5.74, 6) is 2.01. The Hall–Kier alpha value is -4.78. The van der Waals surface area contributed by atoms with Gasteiger partial charge >= 0.3 is 12.4 Å². The van der Waals surface area contributed by atoms with Crippen LogP contribution in [0.2, 0.25) is 0 Å². The first-order valence-electron chi connectivity index (χ1n) is 14.5. The van der Waals surface area contributed by atoms with E-state index in [9.17, 15) is 18.0 Å². The summed E-state index contributed by atoms with van der Waals surface area (Å²) in [6, 6.07) is 18.4.